The predicted octanol–water partition coefficient (Wildman–Crippen LogP) is 2.50. The summed E-state index contributed by atoms with van der Waals surface area (Å²) in [6, 6.07) is 5.48. The maximum Gasteiger partial charge on any atom is 0.164 e. The standard InChI is InChI=1S/C11H11ClN4/c1-16(2)7-15-11-9-5-8(12)3-4-10(9)13-6-14-11/h3-7H,1-2H3. The van der Waals surface area contributed by atoms with Crippen LogP contribution in [0.15, 0.2) is 29.5 Å². The molecule has 0 saturated carbocycles. The number of aromatic nitrogens is 2. The van der Waals surface area contributed by atoms with Crippen molar-refractivity contribution in [2.45, 2.75) is 0 Å². The molecule has 0 bridgehead atoms. The lowest BCUT2D eigenvalue weighted by molar-refractivity contribution is 0.643. The van der Waals surface area contributed by atoms with E-state index in [-0.39, 0.29) is 0 Å². The highest BCUT2D eigenvalue weighted by Gasteiger charge is 2.02. The van der Waals surface area contributed by atoms with Gasteiger partial charge >= 0.3 is 0 Å². The number of nitrogens with zero attached hydrogens (tertiary/aromatic N) is 4. The summed E-state index contributed by atoms with van der Waals surface area (Å²) in [7, 11) is 3.81. The van der Waals surface area contributed by atoms with Crippen LogP contribution in [0.5, 0.6) is 0 Å². The summed E-state index contributed by atoms with van der Waals surface area (Å²) in [4.78, 5) is 14.4. The quantitative estimate of drug-likeness (QED) is 0.592. The number of aliphatic imine (C=N–C) groups is 1. The van der Waals surface area contributed by atoms with Crippen LogP contribution in [0.25, 0.3) is 10.9 Å². The number of rotatable bonds is 2. The Labute approximate surface area is 98.6 Å². The Morgan fingerprint density at radius 3 is 2.88 bits per heavy atom. The number of halogens is 1. The van der Waals surface area contributed by atoms with E-state index in [4.69, 9.17) is 11.6 Å². The first-order chi connectivity index (χ1) is 7.66. The number of benzene rings is 1. The van der Waals surface area contributed by atoms with Gasteiger partial charge in [-0.2, -0.15) is 0 Å². The summed E-state index contributed by atoms with van der Waals surface area (Å²) in [5, 5.41) is 1.51. The van der Waals surface area contributed by atoms with Gasteiger partial charge in [-0.05, 0) is 18.2 Å². The second-order valence-corrected chi connectivity index (χ2v) is 4.00. The zero-order valence-corrected chi connectivity index (χ0v) is 9.81. The van der Waals surface area contributed by atoms with Crippen LogP contribution in [0.3, 0.4) is 0 Å². The molecule has 0 atom stereocenters. The molecule has 0 unspecified atom stereocenters. The van der Waals surface area contributed by atoms with E-state index in [9.17, 15) is 0 Å². The van der Waals surface area contributed by atoms with Crippen molar-refractivity contribution in [3.63, 3.8) is 0 Å². The highest BCUT2D eigenvalue weighted by Crippen LogP contribution is 2.24. The van der Waals surface area contributed by atoms with E-state index in [0.29, 0.717) is 10.8 Å². The van der Waals surface area contributed by atoms with Crippen LogP contribution < -0.4 is 0 Å². The lowest BCUT2D eigenvalue weighted by atomic mass is 10.2. The molecule has 5 heteroatoms. The number of hydrogen-bond donors (Lipinski definition) is 0. The Hall–Kier alpha value is -1.68. The van der Waals surface area contributed by atoms with Gasteiger partial charge in [0.25, 0.3) is 0 Å². The molecule has 0 aliphatic heterocycles. The SMILES string of the molecule is CN(C)C=Nc1ncnc2ccc(Cl)cc12. The van der Waals surface area contributed by atoms with Gasteiger partial charge in [-0.3, -0.25) is 0 Å². The molecule has 1 aromatic heterocycles. The summed E-state index contributed by atoms with van der Waals surface area (Å²) >= 11 is 5.94. The molecular weight excluding hydrogens is 224 g/mol. The molecule has 0 N–H and O–H groups in total. The number of hydrogen-bond acceptors (Lipinski definition) is 3. The van der Waals surface area contributed by atoms with Gasteiger partial charge in [0.1, 0.15) is 6.33 Å². The summed E-state index contributed by atoms with van der Waals surface area (Å²) in [6.07, 6.45) is 3.20. The van der Waals surface area contributed by atoms with Crippen molar-refractivity contribution in [1.29, 1.82) is 0 Å². The summed E-state index contributed by atoms with van der Waals surface area (Å²) in [5.41, 5.74) is 0.838. The van der Waals surface area contributed by atoms with Crippen LogP contribution in [0.4, 0.5) is 5.82 Å². The Morgan fingerprint density at radius 1 is 1.31 bits per heavy atom. The molecule has 82 valence electrons. The summed E-state index contributed by atoms with van der Waals surface area (Å²) < 4.78 is 0. The molecule has 2 aromatic rings. The van der Waals surface area contributed by atoms with Crippen molar-refractivity contribution in [3.05, 3.63) is 29.5 Å². The first-order valence-electron chi connectivity index (χ1n) is 4.78. The van der Waals surface area contributed by atoms with E-state index in [1.54, 1.807) is 12.4 Å². The molecule has 1 aromatic carbocycles. The second kappa shape index (κ2) is 4.45. The van der Waals surface area contributed by atoms with Crippen molar-refractivity contribution < 1.29 is 0 Å². The van der Waals surface area contributed by atoms with Crippen LogP contribution in [0.1, 0.15) is 0 Å². The fourth-order valence-electron chi connectivity index (χ4n) is 1.29. The molecule has 0 fully saturated rings. The van der Waals surface area contributed by atoms with Crippen molar-refractivity contribution in [2.24, 2.45) is 4.99 Å². The normalized spacial score (nSPS) is 11.2. The van der Waals surface area contributed by atoms with Gasteiger partial charge in [0.05, 0.1) is 11.9 Å². The molecule has 2 rings (SSSR count). The van der Waals surface area contributed by atoms with Crippen molar-refractivity contribution >= 4 is 34.7 Å². The zero-order chi connectivity index (χ0) is 11.5. The lowest BCUT2D eigenvalue weighted by Gasteiger charge is -2.03. The van der Waals surface area contributed by atoms with Crippen LogP contribution >= 0.6 is 11.6 Å². The molecule has 0 saturated heterocycles. The third-order valence-electron chi connectivity index (χ3n) is 1.99. The molecule has 0 aliphatic carbocycles. The van der Waals surface area contributed by atoms with E-state index in [0.717, 1.165) is 10.9 Å². The molecule has 0 radical (unpaired) electrons. The van der Waals surface area contributed by atoms with Crippen LogP contribution in [0, 0.1) is 0 Å². The van der Waals surface area contributed by atoms with E-state index in [1.807, 2.05) is 31.1 Å². The summed E-state index contributed by atoms with van der Waals surface area (Å²) in [5.74, 6) is 0.626. The van der Waals surface area contributed by atoms with Gasteiger partial charge in [0, 0.05) is 24.5 Å². The van der Waals surface area contributed by atoms with Crippen molar-refractivity contribution in [3.8, 4) is 0 Å². The van der Waals surface area contributed by atoms with E-state index >= 15 is 0 Å². The van der Waals surface area contributed by atoms with E-state index < -0.39 is 0 Å². The highest BCUT2D eigenvalue weighted by atomic mass is 35.5. The van der Waals surface area contributed by atoms with Gasteiger partial charge in [0.15, 0.2) is 5.82 Å². The van der Waals surface area contributed by atoms with E-state index in [1.165, 1.54) is 6.33 Å². The molecule has 16 heavy (non-hydrogen) atoms. The fourth-order valence-corrected chi connectivity index (χ4v) is 1.46. The average molecular weight is 235 g/mol. The van der Waals surface area contributed by atoms with Crippen molar-refractivity contribution in [2.75, 3.05) is 14.1 Å². The minimum Gasteiger partial charge on any atom is -0.369 e. The molecule has 0 amide bonds. The van der Waals surface area contributed by atoms with Crippen LogP contribution in [-0.2, 0) is 0 Å². The second-order valence-electron chi connectivity index (χ2n) is 3.57. The van der Waals surface area contributed by atoms with E-state index in [2.05, 4.69) is 15.0 Å². The first-order valence-corrected chi connectivity index (χ1v) is 5.15. The minimum absolute atomic E-state index is 0.626. The Balaban J connectivity index is 2.56. The topological polar surface area (TPSA) is 41.4 Å². The highest BCUT2D eigenvalue weighted by molar-refractivity contribution is 6.31. The Bertz CT molecular complexity index is 536. The monoisotopic (exact) mass is 234 g/mol. The molecule has 1 heterocycles. The third kappa shape index (κ3) is 2.28. The Kier molecular flexibility index (Phi) is 3.01. The van der Waals surface area contributed by atoms with Crippen LogP contribution in [0.2, 0.25) is 5.02 Å². The molecule has 0 spiro atoms. The van der Waals surface area contributed by atoms with Gasteiger partial charge in [0.2, 0.25) is 0 Å². The van der Waals surface area contributed by atoms with Gasteiger partial charge in [-0.15, -0.1) is 0 Å². The van der Waals surface area contributed by atoms with Crippen molar-refractivity contribution in [1.82, 2.24) is 14.9 Å². The predicted molar refractivity (Wildman–Crippen MR) is 66.4 cm³/mol. The maximum atomic E-state index is 5.94. The smallest absolute Gasteiger partial charge is 0.164 e. The molecule has 4 nitrogen and oxygen atoms in total. The van der Waals surface area contributed by atoms with Crippen LogP contribution in [-0.4, -0.2) is 35.3 Å². The molecule has 0 aliphatic rings. The average Bonchev–Trinajstić information content (AvgIpc) is 2.26. The first kappa shape index (κ1) is 10.8. The Morgan fingerprint density at radius 2 is 2.12 bits per heavy atom. The van der Waals surface area contributed by atoms with Gasteiger partial charge < -0.3 is 4.90 Å². The van der Waals surface area contributed by atoms with Gasteiger partial charge in [-0.1, -0.05) is 11.6 Å². The zero-order valence-electron chi connectivity index (χ0n) is 9.05. The van der Waals surface area contributed by atoms with Gasteiger partial charge in [-0.25, -0.2) is 15.0 Å². The largest absolute Gasteiger partial charge is 0.369 e. The lowest BCUT2D eigenvalue weighted by Crippen LogP contribution is -2.07. The third-order valence-corrected chi connectivity index (χ3v) is 2.22. The maximum absolute atomic E-state index is 5.94. The number of fused-ring (bicyclic) bond motifs is 1. The summed E-state index contributed by atoms with van der Waals surface area (Å²) in [6.45, 7) is 0. The minimum atomic E-state index is 0.626. The molecular formula is C11H11ClN4. The fraction of sp³-hybridized carbons (Fsp3) is 0.182.